The number of imidazole rings is 1. The minimum Gasteiger partial charge on any atom is -0.508 e. The van der Waals surface area contributed by atoms with Crippen molar-refractivity contribution in [2.45, 2.75) is 91.3 Å². The van der Waals surface area contributed by atoms with Crippen molar-refractivity contribution in [3.8, 4) is 28.1 Å². The predicted molar refractivity (Wildman–Crippen MR) is 243 cm³/mol. The highest BCUT2D eigenvalue weighted by Crippen LogP contribution is 2.36. The number of carbonyl (C=O) groups excluding carboxylic acids is 5. The van der Waals surface area contributed by atoms with Gasteiger partial charge in [0.15, 0.2) is 0 Å². The fourth-order valence-electron chi connectivity index (χ4n) is 8.27. The number of phenolic OH excluding ortho intramolecular Hbond substituents is 1. The summed E-state index contributed by atoms with van der Waals surface area (Å²) in [7, 11) is 3.18. The summed E-state index contributed by atoms with van der Waals surface area (Å²) < 4.78 is 12.9. The molecule has 2 aliphatic heterocycles. The molecule has 0 aliphatic carbocycles. The monoisotopic (exact) mass is 880 g/mol. The van der Waals surface area contributed by atoms with Gasteiger partial charge in [-0.2, -0.15) is 0 Å². The number of likely N-dealkylation sites (N-methyl/N-ethyl adjacent to an activating group) is 1. The van der Waals surface area contributed by atoms with Crippen LogP contribution in [0.1, 0.15) is 83.4 Å². The molecule has 0 saturated carbocycles. The number of ether oxygens (including phenoxy) is 2. The quantitative estimate of drug-likeness (QED) is 0.0872. The summed E-state index contributed by atoms with van der Waals surface area (Å²) >= 11 is 0. The van der Waals surface area contributed by atoms with E-state index in [4.69, 9.17) is 14.5 Å². The lowest BCUT2D eigenvalue weighted by atomic mass is 9.87. The number of pyridine rings is 2. The van der Waals surface area contributed by atoms with E-state index in [0.717, 1.165) is 67.0 Å². The third kappa shape index (κ3) is 12.3. The highest BCUT2D eigenvalue weighted by molar-refractivity contribution is 5.91. The van der Waals surface area contributed by atoms with E-state index in [-0.39, 0.29) is 42.6 Å². The number of hydrogen-bond donors (Lipinski definition) is 3. The number of aromatic nitrogens is 3. The molecule has 0 spiro atoms. The lowest BCUT2D eigenvalue weighted by Crippen LogP contribution is -2.58. The first kappa shape index (κ1) is 48.9. The Balaban J connectivity index is 0.000000762. The first-order valence-corrected chi connectivity index (χ1v) is 21.9. The second kappa shape index (κ2) is 22.5. The molecule has 16 nitrogen and oxygen atoms in total. The molecule has 64 heavy (non-hydrogen) atoms. The van der Waals surface area contributed by atoms with Crippen LogP contribution in [0.2, 0.25) is 0 Å². The fourth-order valence-corrected chi connectivity index (χ4v) is 8.27. The molecule has 0 radical (unpaired) electrons. The highest BCUT2D eigenvalue weighted by atomic mass is 16.5. The second-order valence-corrected chi connectivity index (χ2v) is 17.6. The summed E-state index contributed by atoms with van der Waals surface area (Å²) in [6.07, 6.45) is 10.0. The van der Waals surface area contributed by atoms with Gasteiger partial charge in [-0.15, -0.1) is 0 Å². The maximum atomic E-state index is 13.9. The number of rotatable bonds is 18. The van der Waals surface area contributed by atoms with Crippen molar-refractivity contribution in [1.82, 2.24) is 39.9 Å². The molecule has 2 aliphatic rings. The average molecular weight is 881 g/mol. The van der Waals surface area contributed by atoms with E-state index in [2.05, 4.69) is 22.3 Å². The SMILES string of the molecule is C=CC(=O)N1CCCC1.COC(C)c1ncccc1-c1nc2ccc(-c3cc(O)cc(CC(NC(=O)C(C(C)C)N(C)C=O)C(=O)N4CCCCN4)c3)cn2c1CC(C)(C)COC=O. The van der Waals surface area contributed by atoms with Crippen molar-refractivity contribution in [2.75, 3.05) is 46.9 Å². The van der Waals surface area contributed by atoms with E-state index in [1.54, 1.807) is 37.5 Å². The van der Waals surface area contributed by atoms with Crippen molar-refractivity contribution in [1.29, 1.82) is 0 Å². The molecule has 6 rings (SSSR count). The normalized spacial score (nSPS) is 15.4. The number of benzene rings is 1. The van der Waals surface area contributed by atoms with E-state index in [1.165, 1.54) is 11.0 Å². The van der Waals surface area contributed by atoms with Crippen LogP contribution in [0, 0.1) is 11.3 Å². The summed E-state index contributed by atoms with van der Waals surface area (Å²) in [6, 6.07) is 11.0. The molecule has 3 unspecified atom stereocenters. The Bertz CT molecular complexity index is 2260. The van der Waals surface area contributed by atoms with Crippen LogP contribution in [-0.4, -0.2) is 124 Å². The number of fused-ring (bicyclic) bond motifs is 1. The summed E-state index contributed by atoms with van der Waals surface area (Å²) in [5.41, 5.74) is 8.61. The molecule has 0 bridgehead atoms. The van der Waals surface area contributed by atoms with Crippen molar-refractivity contribution in [3.05, 3.63) is 84.5 Å². The van der Waals surface area contributed by atoms with Gasteiger partial charge in [-0.3, -0.25) is 34.0 Å². The van der Waals surface area contributed by atoms with Gasteiger partial charge in [0.05, 0.1) is 29.8 Å². The van der Waals surface area contributed by atoms with Gasteiger partial charge in [0.1, 0.15) is 23.5 Å². The zero-order valence-electron chi connectivity index (χ0n) is 38.2. The van der Waals surface area contributed by atoms with E-state index in [9.17, 15) is 29.1 Å². The maximum absolute atomic E-state index is 13.9. The lowest BCUT2D eigenvalue weighted by molar-refractivity contribution is -0.142. The number of nitrogens with one attached hydrogen (secondary N) is 2. The molecule has 4 amide bonds. The van der Waals surface area contributed by atoms with Crippen molar-refractivity contribution in [3.63, 3.8) is 0 Å². The van der Waals surface area contributed by atoms with E-state index >= 15 is 0 Å². The Kier molecular flexibility index (Phi) is 17.2. The van der Waals surface area contributed by atoms with Crippen LogP contribution in [0.5, 0.6) is 5.75 Å². The van der Waals surface area contributed by atoms with Crippen LogP contribution >= 0.6 is 0 Å². The molecule has 3 N–H and O–H groups in total. The second-order valence-electron chi connectivity index (χ2n) is 17.6. The number of carbonyl (C=O) groups is 5. The number of likely N-dealkylation sites (tertiary alicyclic amines) is 1. The fraction of sp³-hybridized carbons (Fsp3) is 0.479. The average Bonchev–Trinajstić information content (AvgIpc) is 3.96. The molecule has 1 aromatic carbocycles. The van der Waals surface area contributed by atoms with Crippen LogP contribution < -0.4 is 10.7 Å². The van der Waals surface area contributed by atoms with Gasteiger partial charge in [-0.1, -0.05) is 40.3 Å². The van der Waals surface area contributed by atoms with Crippen LogP contribution in [-0.2, 0) is 46.3 Å². The Morgan fingerprint density at radius 3 is 2.41 bits per heavy atom. The van der Waals surface area contributed by atoms with Crippen LogP contribution in [0.4, 0.5) is 0 Å². The first-order valence-electron chi connectivity index (χ1n) is 21.9. The lowest BCUT2D eigenvalue weighted by Gasteiger charge is -2.33. The van der Waals surface area contributed by atoms with Crippen molar-refractivity contribution >= 4 is 36.3 Å². The number of phenols is 1. The molecular formula is C48H64N8O8. The van der Waals surface area contributed by atoms with Gasteiger partial charge in [0.25, 0.3) is 12.4 Å². The Morgan fingerprint density at radius 1 is 1.03 bits per heavy atom. The Labute approximate surface area is 376 Å². The number of amides is 4. The van der Waals surface area contributed by atoms with Gasteiger partial charge in [0, 0.05) is 70.1 Å². The molecule has 2 fully saturated rings. The molecule has 16 heteroatoms. The molecule has 4 aromatic rings. The Morgan fingerprint density at radius 2 is 1.77 bits per heavy atom. The largest absolute Gasteiger partial charge is 0.508 e. The molecule has 5 heterocycles. The number of nitrogens with zero attached hydrogens (tertiary/aromatic N) is 6. The van der Waals surface area contributed by atoms with E-state index < -0.39 is 23.4 Å². The number of methoxy groups -OCH3 is 1. The minimum absolute atomic E-state index is 0.00536. The van der Waals surface area contributed by atoms with Crippen molar-refractivity contribution < 1.29 is 38.6 Å². The number of hydrazine groups is 1. The minimum atomic E-state index is -0.974. The predicted octanol–water partition coefficient (Wildman–Crippen LogP) is 5.28. The first-order chi connectivity index (χ1) is 30.6. The van der Waals surface area contributed by atoms with E-state index in [0.29, 0.717) is 49.2 Å². The summed E-state index contributed by atoms with van der Waals surface area (Å²) in [6.45, 7) is 16.7. The van der Waals surface area contributed by atoms with Gasteiger partial charge in [-0.05, 0) is 104 Å². The van der Waals surface area contributed by atoms with Gasteiger partial charge in [0.2, 0.25) is 18.2 Å². The third-order valence-electron chi connectivity index (χ3n) is 11.6. The van der Waals surface area contributed by atoms with Crippen LogP contribution in [0.25, 0.3) is 28.0 Å². The third-order valence-corrected chi connectivity index (χ3v) is 11.6. The molecule has 3 aromatic heterocycles. The van der Waals surface area contributed by atoms with Gasteiger partial charge >= 0.3 is 0 Å². The van der Waals surface area contributed by atoms with E-state index in [1.807, 2.05) is 80.4 Å². The zero-order chi connectivity index (χ0) is 46.6. The summed E-state index contributed by atoms with van der Waals surface area (Å²) in [4.78, 5) is 74.0. The van der Waals surface area contributed by atoms with Crippen LogP contribution in [0.3, 0.4) is 0 Å². The molecule has 3 atom stereocenters. The smallest absolute Gasteiger partial charge is 0.293 e. The highest BCUT2D eigenvalue weighted by Gasteiger charge is 2.33. The molecule has 344 valence electrons. The van der Waals surface area contributed by atoms with Gasteiger partial charge in [-0.25, -0.2) is 10.4 Å². The van der Waals surface area contributed by atoms with Gasteiger partial charge < -0.3 is 34.1 Å². The van der Waals surface area contributed by atoms with Crippen LogP contribution in [0.15, 0.2) is 67.5 Å². The Hall–Kier alpha value is -6.13. The molecule has 2 saturated heterocycles. The van der Waals surface area contributed by atoms with Crippen molar-refractivity contribution in [2.24, 2.45) is 11.3 Å². The summed E-state index contributed by atoms with van der Waals surface area (Å²) in [5.74, 6) is -0.870. The summed E-state index contributed by atoms with van der Waals surface area (Å²) in [5, 5.41) is 15.5. The number of hydrogen-bond acceptors (Lipinski definition) is 11. The topological polar surface area (TPSA) is 188 Å². The molecular weight excluding hydrogens is 817 g/mol. The zero-order valence-corrected chi connectivity index (χ0v) is 38.2. The standard InChI is InChI=1S/C41H53N7O7.C7H11NO/c1-26(2)38(46(6)24-49)39(52)44-33(40(53)48-16-9-8-15-43-48)19-28-17-30(20-31(51)18-28)29-12-13-35-45-37(32-11-10-14-42-36(32)27(3)54-7)34(47(35)22-29)21-41(4,5)23-55-25-50;1-2-7(9)8-5-3-4-6-8/h10-14,17-18,20,22,24-27,33,38,43,51H,8-9,15-16,19,21,23H2,1-7H3,(H,44,52);2H,1,3-6H2. The number of aromatic hydroxyl groups is 1. The maximum Gasteiger partial charge on any atom is 0.293 e.